The first-order chi connectivity index (χ1) is 13.2. The fourth-order valence-corrected chi connectivity index (χ4v) is 4.95. The van der Waals surface area contributed by atoms with E-state index in [0.29, 0.717) is 5.12 Å². The van der Waals surface area contributed by atoms with Gasteiger partial charge in [0.1, 0.15) is 0 Å². The predicted octanol–water partition coefficient (Wildman–Crippen LogP) is 5.78. The van der Waals surface area contributed by atoms with Crippen LogP contribution in [0.2, 0.25) is 0 Å². The first-order valence-corrected chi connectivity index (χ1v) is 12.8. The number of nitrogens with zero attached hydrogens (tertiary/aromatic N) is 1. The van der Waals surface area contributed by atoms with E-state index >= 15 is 0 Å². The minimum Gasteiger partial charge on any atom is -0.323 e. The number of quaternary nitrogens is 1. The summed E-state index contributed by atoms with van der Waals surface area (Å²) < 4.78 is 1.13. The SMILES string of the molecule is CCCCCCCCCCCCCCCC(=O)SCC[N+]1(C)CCNCC1. The maximum absolute atomic E-state index is 12.0. The molecule has 1 aliphatic heterocycles. The zero-order valence-corrected chi connectivity index (χ0v) is 19.2. The molecule has 0 amide bonds. The maximum Gasteiger partial charge on any atom is 0.189 e. The number of unbranched alkanes of at least 4 members (excludes halogenated alkanes) is 12. The number of thioether (sulfide) groups is 1. The topological polar surface area (TPSA) is 29.1 Å². The molecule has 1 fully saturated rings. The van der Waals surface area contributed by atoms with Crippen molar-refractivity contribution in [3.63, 3.8) is 0 Å². The Balaban J connectivity index is 1.80. The molecule has 0 aromatic heterocycles. The molecule has 0 atom stereocenters. The average Bonchev–Trinajstić information content (AvgIpc) is 2.66. The molecule has 1 aliphatic rings. The highest BCUT2D eigenvalue weighted by Crippen LogP contribution is 2.15. The molecule has 1 rings (SSSR count). The smallest absolute Gasteiger partial charge is 0.189 e. The van der Waals surface area contributed by atoms with Crippen molar-refractivity contribution in [3.05, 3.63) is 0 Å². The minimum absolute atomic E-state index is 0.416. The summed E-state index contributed by atoms with van der Waals surface area (Å²) in [6.07, 6.45) is 18.5. The summed E-state index contributed by atoms with van der Waals surface area (Å²) in [6, 6.07) is 0. The summed E-state index contributed by atoms with van der Waals surface area (Å²) in [5, 5.41) is 3.83. The molecule has 0 spiro atoms. The molecule has 0 unspecified atom stereocenters. The van der Waals surface area contributed by atoms with Gasteiger partial charge < -0.3 is 9.80 Å². The van der Waals surface area contributed by atoms with Crippen LogP contribution in [0.4, 0.5) is 0 Å². The van der Waals surface area contributed by atoms with Gasteiger partial charge in [0.15, 0.2) is 5.12 Å². The van der Waals surface area contributed by atoms with E-state index in [4.69, 9.17) is 0 Å². The molecule has 1 saturated heterocycles. The van der Waals surface area contributed by atoms with Gasteiger partial charge >= 0.3 is 0 Å². The van der Waals surface area contributed by atoms with Gasteiger partial charge in [0.25, 0.3) is 0 Å². The van der Waals surface area contributed by atoms with Crippen molar-refractivity contribution >= 4 is 16.9 Å². The number of carbonyl (C=O) groups is 1. The molecule has 160 valence electrons. The second-order valence-electron chi connectivity index (χ2n) is 8.75. The summed E-state index contributed by atoms with van der Waals surface area (Å²) in [4.78, 5) is 12.0. The van der Waals surface area contributed by atoms with E-state index in [0.717, 1.165) is 42.7 Å². The second kappa shape index (κ2) is 16.9. The van der Waals surface area contributed by atoms with E-state index in [1.807, 2.05) is 0 Å². The lowest BCUT2D eigenvalue weighted by molar-refractivity contribution is -0.908. The van der Waals surface area contributed by atoms with Crippen molar-refractivity contribution in [2.24, 2.45) is 0 Å². The van der Waals surface area contributed by atoms with Gasteiger partial charge in [0.05, 0.1) is 32.4 Å². The Morgan fingerprint density at radius 1 is 0.815 bits per heavy atom. The van der Waals surface area contributed by atoms with Crippen LogP contribution in [0.15, 0.2) is 0 Å². The largest absolute Gasteiger partial charge is 0.323 e. The highest BCUT2D eigenvalue weighted by Gasteiger charge is 2.24. The molecule has 4 heteroatoms. The van der Waals surface area contributed by atoms with Crippen molar-refractivity contribution in [1.82, 2.24) is 5.32 Å². The van der Waals surface area contributed by atoms with Gasteiger partial charge in [-0.15, -0.1) is 0 Å². The van der Waals surface area contributed by atoms with Crippen LogP contribution in [0.3, 0.4) is 0 Å². The van der Waals surface area contributed by atoms with Crippen LogP contribution in [-0.2, 0) is 4.79 Å². The molecule has 0 aliphatic carbocycles. The van der Waals surface area contributed by atoms with Gasteiger partial charge in [-0.25, -0.2) is 0 Å². The van der Waals surface area contributed by atoms with Crippen molar-refractivity contribution in [3.8, 4) is 0 Å². The van der Waals surface area contributed by atoms with Gasteiger partial charge in [-0.2, -0.15) is 0 Å². The van der Waals surface area contributed by atoms with E-state index < -0.39 is 0 Å². The molecule has 1 heterocycles. The van der Waals surface area contributed by atoms with E-state index in [1.165, 1.54) is 90.1 Å². The second-order valence-corrected chi connectivity index (χ2v) is 9.91. The van der Waals surface area contributed by atoms with E-state index in [-0.39, 0.29) is 0 Å². The standard InChI is InChI=1S/C23H47N2OS/c1-3-4-5-6-7-8-9-10-11-12-13-14-15-16-23(26)27-22-21-25(2)19-17-24-18-20-25/h24H,3-22H2,1-2H3/q+1. The van der Waals surface area contributed by atoms with Crippen LogP contribution in [0.5, 0.6) is 0 Å². The molecule has 1 N–H and O–H groups in total. The Hall–Kier alpha value is -0.0600. The fourth-order valence-electron chi connectivity index (χ4n) is 3.90. The van der Waals surface area contributed by atoms with Gasteiger partial charge in [-0.05, 0) is 6.42 Å². The third kappa shape index (κ3) is 14.6. The first-order valence-electron chi connectivity index (χ1n) is 11.9. The van der Waals surface area contributed by atoms with Gasteiger partial charge in [0.2, 0.25) is 0 Å². The van der Waals surface area contributed by atoms with Crippen molar-refractivity contribution in [1.29, 1.82) is 0 Å². The summed E-state index contributed by atoms with van der Waals surface area (Å²) in [7, 11) is 2.33. The zero-order valence-electron chi connectivity index (χ0n) is 18.4. The van der Waals surface area contributed by atoms with Crippen LogP contribution < -0.4 is 5.32 Å². The van der Waals surface area contributed by atoms with Crippen molar-refractivity contribution in [2.45, 2.75) is 96.8 Å². The Kier molecular flexibility index (Phi) is 15.6. The monoisotopic (exact) mass is 399 g/mol. The Morgan fingerprint density at radius 2 is 1.30 bits per heavy atom. The molecule has 27 heavy (non-hydrogen) atoms. The average molecular weight is 400 g/mol. The van der Waals surface area contributed by atoms with E-state index in [9.17, 15) is 4.79 Å². The molecule has 0 saturated carbocycles. The minimum atomic E-state index is 0.416. The lowest BCUT2D eigenvalue weighted by Gasteiger charge is -2.37. The quantitative estimate of drug-likeness (QED) is 0.248. The Morgan fingerprint density at radius 3 is 1.81 bits per heavy atom. The zero-order chi connectivity index (χ0) is 19.6. The first kappa shape index (κ1) is 25.0. The molecule has 0 radical (unpaired) electrons. The maximum atomic E-state index is 12.0. The summed E-state index contributed by atoms with van der Waals surface area (Å²) in [5.41, 5.74) is 0. The molecule has 0 aromatic rings. The van der Waals surface area contributed by atoms with E-state index in [2.05, 4.69) is 19.3 Å². The lowest BCUT2D eigenvalue weighted by Crippen LogP contribution is -2.56. The predicted molar refractivity (Wildman–Crippen MR) is 121 cm³/mol. The highest BCUT2D eigenvalue weighted by molar-refractivity contribution is 8.13. The molecule has 3 nitrogen and oxygen atoms in total. The molecular weight excluding hydrogens is 352 g/mol. The van der Waals surface area contributed by atoms with Gasteiger partial charge in [-0.3, -0.25) is 4.79 Å². The molecule has 0 bridgehead atoms. The third-order valence-corrected chi connectivity index (χ3v) is 6.95. The van der Waals surface area contributed by atoms with Gasteiger partial charge in [-0.1, -0.05) is 95.7 Å². The number of piperazine rings is 1. The summed E-state index contributed by atoms with van der Waals surface area (Å²) in [6.45, 7) is 8.06. The lowest BCUT2D eigenvalue weighted by atomic mass is 10.0. The normalized spacial score (nSPS) is 16.5. The Bertz CT molecular complexity index is 356. The van der Waals surface area contributed by atoms with Gasteiger partial charge in [0, 0.05) is 19.5 Å². The fraction of sp³-hybridized carbons (Fsp3) is 0.957. The highest BCUT2D eigenvalue weighted by atomic mass is 32.2. The van der Waals surface area contributed by atoms with Crippen LogP contribution in [-0.4, -0.2) is 55.1 Å². The van der Waals surface area contributed by atoms with Crippen LogP contribution in [0.25, 0.3) is 0 Å². The van der Waals surface area contributed by atoms with Crippen molar-refractivity contribution in [2.75, 3.05) is 45.5 Å². The number of nitrogens with one attached hydrogen (secondary N) is 1. The van der Waals surface area contributed by atoms with Crippen LogP contribution >= 0.6 is 11.8 Å². The van der Waals surface area contributed by atoms with Crippen LogP contribution in [0, 0.1) is 0 Å². The molecular formula is C23H47N2OS+. The summed E-state index contributed by atoms with van der Waals surface area (Å²) in [5.74, 6) is 0.994. The van der Waals surface area contributed by atoms with Crippen molar-refractivity contribution < 1.29 is 9.28 Å². The number of hydrogen-bond acceptors (Lipinski definition) is 3. The summed E-state index contributed by atoms with van der Waals surface area (Å²) >= 11 is 1.58. The number of rotatable bonds is 17. The molecule has 0 aromatic carbocycles. The number of likely N-dealkylation sites (N-methyl/N-ethyl adjacent to an activating group) is 1. The Labute approximate surface area is 174 Å². The number of hydrogen-bond donors (Lipinski definition) is 1. The third-order valence-electron chi connectivity index (χ3n) is 6.04. The van der Waals surface area contributed by atoms with Crippen LogP contribution in [0.1, 0.15) is 96.8 Å². The van der Waals surface area contributed by atoms with E-state index in [1.54, 1.807) is 11.8 Å². The number of carbonyl (C=O) groups excluding carboxylic acids is 1.